The van der Waals surface area contributed by atoms with Crippen molar-refractivity contribution in [3.8, 4) is 0 Å². The molecule has 0 aliphatic heterocycles. The van der Waals surface area contributed by atoms with E-state index >= 15 is 0 Å². The van der Waals surface area contributed by atoms with Crippen molar-refractivity contribution in [3.05, 3.63) is 38.1 Å². The lowest BCUT2D eigenvalue weighted by molar-refractivity contribution is 0.607. The Balaban J connectivity index is 2.19. The SMILES string of the molecule is CN(Cc1cc(Br)cs1)c1nc(Cl)ncc1F. The molecular formula is C10H8BrClFN3S. The van der Waals surface area contributed by atoms with Crippen molar-refractivity contribution in [1.29, 1.82) is 0 Å². The van der Waals surface area contributed by atoms with E-state index in [4.69, 9.17) is 11.6 Å². The lowest BCUT2D eigenvalue weighted by atomic mass is 10.4. The molecule has 0 aromatic carbocycles. The van der Waals surface area contributed by atoms with Gasteiger partial charge in [0.2, 0.25) is 5.28 Å². The van der Waals surface area contributed by atoms with Gasteiger partial charge in [-0.1, -0.05) is 0 Å². The predicted molar refractivity (Wildman–Crippen MR) is 71.1 cm³/mol. The summed E-state index contributed by atoms with van der Waals surface area (Å²) < 4.78 is 14.5. The number of thiophene rings is 1. The van der Waals surface area contributed by atoms with Crippen molar-refractivity contribution in [3.63, 3.8) is 0 Å². The van der Waals surface area contributed by atoms with Crippen LogP contribution >= 0.6 is 38.9 Å². The second-order valence-electron chi connectivity index (χ2n) is 3.40. The van der Waals surface area contributed by atoms with E-state index in [0.29, 0.717) is 6.54 Å². The molecule has 0 fully saturated rings. The van der Waals surface area contributed by atoms with Gasteiger partial charge < -0.3 is 4.90 Å². The summed E-state index contributed by atoms with van der Waals surface area (Å²) in [6.45, 7) is 0.570. The first-order valence-electron chi connectivity index (χ1n) is 4.68. The van der Waals surface area contributed by atoms with E-state index in [1.54, 1.807) is 23.3 Å². The molecule has 0 bridgehead atoms. The van der Waals surface area contributed by atoms with Gasteiger partial charge in [-0.15, -0.1) is 11.3 Å². The molecule has 2 heterocycles. The summed E-state index contributed by atoms with van der Waals surface area (Å²) in [7, 11) is 1.76. The average Bonchev–Trinajstić information content (AvgIpc) is 2.67. The molecule has 17 heavy (non-hydrogen) atoms. The minimum absolute atomic E-state index is 0.0422. The molecule has 0 aliphatic rings. The van der Waals surface area contributed by atoms with Gasteiger partial charge in [-0.2, -0.15) is 4.98 Å². The Kier molecular flexibility index (Phi) is 3.96. The maximum Gasteiger partial charge on any atom is 0.224 e. The van der Waals surface area contributed by atoms with Crippen molar-refractivity contribution in [2.24, 2.45) is 0 Å². The fourth-order valence-corrected chi connectivity index (χ4v) is 2.98. The van der Waals surface area contributed by atoms with Gasteiger partial charge in [0.05, 0.1) is 12.7 Å². The number of nitrogens with zero attached hydrogens (tertiary/aromatic N) is 3. The zero-order chi connectivity index (χ0) is 12.4. The van der Waals surface area contributed by atoms with Crippen LogP contribution in [0, 0.1) is 5.82 Å². The van der Waals surface area contributed by atoms with E-state index in [9.17, 15) is 4.39 Å². The van der Waals surface area contributed by atoms with E-state index < -0.39 is 5.82 Å². The third-order valence-electron chi connectivity index (χ3n) is 2.07. The molecule has 0 N–H and O–H groups in total. The summed E-state index contributed by atoms with van der Waals surface area (Å²) in [5, 5.41) is 2.02. The predicted octanol–water partition coefficient (Wildman–Crippen LogP) is 3.73. The van der Waals surface area contributed by atoms with Crippen LogP contribution in [0.2, 0.25) is 5.28 Å². The van der Waals surface area contributed by atoms with Crippen molar-refractivity contribution in [1.82, 2.24) is 9.97 Å². The van der Waals surface area contributed by atoms with Crippen molar-refractivity contribution < 1.29 is 4.39 Å². The maximum atomic E-state index is 13.5. The topological polar surface area (TPSA) is 29.0 Å². The Hall–Kier alpha value is -0.720. The van der Waals surface area contributed by atoms with E-state index in [-0.39, 0.29) is 11.1 Å². The molecule has 7 heteroatoms. The minimum Gasteiger partial charge on any atom is -0.352 e. The van der Waals surface area contributed by atoms with Gasteiger partial charge in [0.1, 0.15) is 0 Å². The van der Waals surface area contributed by atoms with Crippen LogP contribution in [0.1, 0.15) is 4.88 Å². The van der Waals surface area contributed by atoms with Gasteiger partial charge in [-0.05, 0) is 33.6 Å². The highest BCUT2D eigenvalue weighted by atomic mass is 79.9. The van der Waals surface area contributed by atoms with Crippen LogP contribution < -0.4 is 4.90 Å². The molecular weight excluding hydrogens is 329 g/mol. The average molecular weight is 337 g/mol. The Bertz CT molecular complexity index is 534. The standard InChI is InChI=1S/C10H8BrClFN3S/c1-16(4-7-2-6(11)5-17-7)9-8(13)3-14-10(12)15-9/h2-3,5H,4H2,1H3. The lowest BCUT2D eigenvalue weighted by Gasteiger charge is -2.17. The molecule has 2 rings (SSSR count). The van der Waals surface area contributed by atoms with Crippen LogP contribution in [0.3, 0.4) is 0 Å². The number of anilines is 1. The molecule has 0 atom stereocenters. The van der Waals surface area contributed by atoms with Crippen LogP contribution in [0.5, 0.6) is 0 Å². The quantitative estimate of drug-likeness (QED) is 0.800. The largest absolute Gasteiger partial charge is 0.352 e. The number of hydrogen-bond acceptors (Lipinski definition) is 4. The van der Waals surface area contributed by atoms with E-state index in [0.717, 1.165) is 15.5 Å². The Morgan fingerprint density at radius 3 is 3.00 bits per heavy atom. The van der Waals surface area contributed by atoms with Crippen LogP contribution in [-0.2, 0) is 6.54 Å². The van der Waals surface area contributed by atoms with Gasteiger partial charge in [0.15, 0.2) is 11.6 Å². The summed E-state index contributed by atoms with van der Waals surface area (Å²) in [4.78, 5) is 10.3. The fourth-order valence-electron chi connectivity index (χ4n) is 1.35. The molecule has 0 aliphatic carbocycles. The van der Waals surface area contributed by atoms with Gasteiger partial charge in [-0.3, -0.25) is 0 Å². The number of halogens is 3. The molecule has 2 aromatic rings. The smallest absolute Gasteiger partial charge is 0.224 e. The number of rotatable bonds is 3. The first-order chi connectivity index (χ1) is 8.06. The highest BCUT2D eigenvalue weighted by Gasteiger charge is 2.12. The Morgan fingerprint density at radius 1 is 1.59 bits per heavy atom. The molecule has 2 aromatic heterocycles. The third kappa shape index (κ3) is 3.14. The minimum atomic E-state index is -0.479. The third-order valence-corrected chi connectivity index (χ3v) is 3.94. The van der Waals surface area contributed by atoms with Crippen LogP contribution in [-0.4, -0.2) is 17.0 Å². The van der Waals surface area contributed by atoms with Crippen molar-refractivity contribution >= 4 is 44.7 Å². The monoisotopic (exact) mass is 335 g/mol. The normalized spacial score (nSPS) is 10.6. The van der Waals surface area contributed by atoms with E-state index in [1.165, 1.54) is 0 Å². The Labute approximate surface area is 115 Å². The first kappa shape index (κ1) is 12.7. The molecule has 0 radical (unpaired) electrons. The Morgan fingerprint density at radius 2 is 2.35 bits per heavy atom. The number of hydrogen-bond donors (Lipinski definition) is 0. The molecule has 0 saturated heterocycles. The molecule has 0 spiro atoms. The molecule has 3 nitrogen and oxygen atoms in total. The highest BCUT2D eigenvalue weighted by molar-refractivity contribution is 9.10. The maximum absolute atomic E-state index is 13.5. The fraction of sp³-hybridized carbons (Fsp3) is 0.200. The summed E-state index contributed by atoms with van der Waals surface area (Å²) >= 11 is 10.6. The van der Waals surface area contributed by atoms with Gasteiger partial charge in [0.25, 0.3) is 0 Å². The van der Waals surface area contributed by atoms with Gasteiger partial charge in [-0.25, -0.2) is 9.37 Å². The molecule has 0 unspecified atom stereocenters. The molecule has 0 saturated carbocycles. The summed E-state index contributed by atoms with van der Waals surface area (Å²) in [6.07, 6.45) is 1.07. The lowest BCUT2D eigenvalue weighted by Crippen LogP contribution is -2.18. The van der Waals surface area contributed by atoms with E-state index in [2.05, 4.69) is 25.9 Å². The van der Waals surface area contributed by atoms with Crippen LogP contribution in [0.25, 0.3) is 0 Å². The highest BCUT2D eigenvalue weighted by Crippen LogP contribution is 2.23. The summed E-state index contributed by atoms with van der Waals surface area (Å²) in [6, 6.07) is 1.99. The summed E-state index contributed by atoms with van der Waals surface area (Å²) in [5.74, 6) is -0.276. The van der Waals surface area contributed by atoms with E-state index in [1.807, 2.05) is 11.4 Å². The molecule has 0 amide bonds. The van der Waals surface area contributed by atoms with Crippen LogP contribution in [0.15, 0.2) is 22.1 Å². The second-order valence-corrected chi connectivity index (χ2v) is 5.65. The van der Waals surface area contributed by atoms with Gasteiger partial charge >= 0.3 is 0 Å². The van der Waals surface area contributed by atoms with Crippen molar-refractivity contribution in [2.45, 2.75) is 6.54 Å². The zero-order valence-electron chi connectivity index (χ0n) is 8.82. The van der Waals surface area contributed by atoms with Crippen molar-refractivity contribution in [2.75, 3.05) is 11.9 Å². The second kappa shape index (κ2) is 5.29. The number of aromatic nitrogens is 2. The first-order valence-corrected chi connectivity index (χ1v) is 6.73. The van der Waals surface area contributed by atoms with Crippen LogP contribution in [0.4, 0.5) is 10.2 Å². The molecule has 90 valence electrons. The summed E-state index contributed by atoms with van der Waals surface area (Å²) in [5.41, 5.74) is 0. The zero-order valence-corrected chi connectivity index (χ0v) is 12.0. The van der Waals surface area contributed by atoms with Gasteiger partial charge in [0, 0.05) is 21.8 Å².